The highest BCUT2D eigenvalue weighted by Gasteiger charge is 2.36. The van der Waals surface area contributed by atoms with Gasteiger partial charge in [-0.1, -0.05) is 18.5 Å². The van der Waals surface area contributed by atoms with Crippen molar-refractivity contribution in [3.63, 3.8) is 0 Å². The third kappa shape index (κ3) is 7.13. The van der Waals surface area contributed by atoms with Crippen LogP contribution in [0.4, 0.5) is 18.9 Å². The average Bonchev–Trinajstić information content (AvgIpc) is 3.17. The number of amides is 1. The van der Waals surface area contributed by atoms with Crippen molar-refractivity contribution in [1.29, 1.82) is 0 Å². The second kappa shape index (κ2) is 12.1. The number of nitrogens with one attached hydrogen (secondary N) is 2. The van der Waals surface area contributed by atoms with Crippen LogP contribution in [0.15, 0.2) is 18.2 Å². The van der Waals surface area contributed by atoms with Crippen LogP contribution in [-0.4, -0.2) is 61.3 Å². The van der Waals surface area contributed by atoms with Crippen molar-refractivity contribution in [3.8, 4) is 11.4 Å². The molecule has 0 radical (unpaired) electrons. The molecule has 0 aliphatic heterocycles. The number of carbonyl (C=O) groups excluding carboxylic acids is 1. The Morgan fingerprint density at radius 1 is 1.26 bits per heavy atom. The third-order valence-electron chi connectivity index (χ3n) is 6.82. The molecule has 38 heavy (non-hydrogen) atoms. The van der Waals surface area contributed by atoms with Gasteiger partial charge in [-0.15, -0.1) is 0 Å². The number of alkyl halides is 3. The summed E-state index contributed by atoms with van der Waals surface area (Å²) in [6, 6.07) is 2.73. The van der Waals surface area contributed by atoms with Crippen LogP contribution in [0.25, 0.3) is 5.69 Å². The monoisotopic (exact) mass is 578 g/mol. The molecule has 2 aromatic rings. The fourth-order valence-electron chi connectivity index (χ4n) is 4.59. The number of halogens is 4. The molecule has 1 heterocycles. The molecule has 2 N–H and O–H groups in total. The Hall–Kier alpha value is -2.47. The molecule has 1 amide bonds. The van der Waals surface area contributed by atoms with E-state index in [1.165, 1.54) is 25.5 Å². The molecule has 8 nitrogen and oxygen atoms in total. The number of methoxy groups -OCH3 is 1. The number of ether oxygens (including phenoxy) is 1. The molecule has 1 atom stereocenters. The lowest BCUT2D eigenvalue weighted by Crippen LogP contribution is -2.34. The zero-order chi connectivity index (χ0) is 28.3. The Morgan fingerprint density at radius 3 is 2.47 bits per heavy atom. The third-order valence-corrected chi connectivity index (χ3v) is 8.86. The van der Waals surface area contributed by atoms with Crippen molar-refractivity contribution in [2.24, 2.45) is 5.92 Å². The van der Waals surface area contributed by atoms with E-state index in [-0.39, 0.29) is 33.5 Å². The van der Waals surface area contributed by atoms with Crippen LogP contribution in [0.1, 0.15) is 62.3 Å². The van der Waals surface area contributed by atoms with Crippen molar-refractivity contribution in [2.45, 2.75) is 69.8 Å². The number of aromatic nitrogens is 2. The maximum atomic E-state index is 13.0. The number of rotatable bonds is 10. The van der Waals surface area contributed by atoms with Crippen molar-refractivity contribution >= 4 is 33.0 Å². The van der Waals surface area contributed by atoms with Crippen LogP contribution >= 0.6 is 11.6 Å². The van der Waals surface area contributed by atoms with E-state index in [2.05, 4.69) is 15.6 Å². The number of hydrogen-bond donors (Lipinski definition) is 2. The maximum absolute atomic E-state index is 13.0. The molecular weight excluding hydrogens is 545 g/mol. The van der Waals surface area contributed by atoms with Gasteiger partial charge in [-0.2, -0.15) is 13.2 Å². The number of hydrogen-bond acceptors (Lipinski definition) is 6. The SMILES string of the molecule is CCCc1nc(C(=O)NC[C@H]2CC[C@@H](S(C)(=O)=O)CC2)c(Cl)n1-c1ccc(N[C@H](C)C(F)(F)F)cc1OC. The zero-order valence-corrected chi connectivity index (χ0v) is 23.4. The van der Waals surface area contributed by atoms with Gasteiger partial charge >= 0.3 is 6.18 Å². The Labute approximate surface area is 226 Å². The van der Waals surface area contributed by atoms with Gasteiger partial charge in [0.05, 0.1) is 18.0 Å². The number of benzene rings is 1. The molecule has 13 heteroatoms. The first-order valence-electron chi connectivity index (χ1n) is 12.5. The van der Waals surface area contributed by atoms with E-state index in [9.17, 15) is 26.4 Å². The van der Waals surface area contributed by atoms with E-state index in [1.54, 1.807) is 10.6 Å². The normalized spacial score (nSPS) is 19.2. The van der Waals surface area contributed by atoms with Crippen molar-refractivity contribution in [1.82, 2.24) is 14.9 Å². The second-order valence-corrected chi connectivity index (χ2v) is 12.4. The van der Waals surface area contributed by atoms with E-state index >= 15 is 0 Å². The Balaban J connectivity index is 1.81. The van der Waals surface area contributed by atoms with Gasteiger partial charge in [0.25, 0.3) is 5.91 Å². The summed E-state index contributed by atoms with van der Waals surface area (Å²) in [7, 11) is -1.67. The van der Waals surface area contributed by atoms with Gasteiger partial charge in [0.1, 0.15) is 32.6 Å². The first kappa shape index (κ1) is 30.1. The predicted molar refractivity (Wildman–Crippen MR) is 141 cm³/mol. The van der Waals surface area contributed by atoms with Gasteiger partial charge in [-0.3, -0.25) is 9.36 Å². The first-order chi connectivity index (χ1) is 17.8. The highest BCUT2D eigenvalue weighted by Crippen LogP contribution is 2.34. The van der Waals surface area contributed by atoms with Crippen LogP contribution < -0.4 is 15.4 Å². The lowest BCUT2D eigenvalue weighted by atomic mass is 9.89. The average molecular weight is 579 g/mol. The molecule has 3 rings (SSSR count). The van der Waals surface area contributed by atoms with Gasteiger partial charge in [-0.25, -0.2) is 13.4 Å². The standard InChI is InChI=1S/C25H34ClF3N4O4S/c1-5-6-21-32-22(24(34)30-14-16-7-10-18(11-8-16)38(4,35)36)23(26)33(21)19-12-9-17(13-20(19)37-3)31-15(2)25(27,28)29/h9,12-13,15-16,18,31H,5-8,10-11,14H2,1-4H3,(H,30,34)/t15-,16-,18+/m1/s1. The minimum atomic E-state index is -4.41. The lowest BCUT2D eigenvalue weighted by Gasteiger charge is -2.27. The number of sulfone groups is 1. The van der Waals surface area contributed by atoms with Crippen LogP contribution in [0.3, 0.4) is 0 Å². The summed E-state index contributed by atoms with van der Waals surface area (Å²) in [6.45, 7) is 3.35. The maximum Gasteiger partial charge on any atom is 0.408 e. The molecule has 1 saturated carbocycles. The smallest absolute Gasteiger partial charge is 0.408 e. The number of nitrogens with zero attached hydrogens (tertiary/aromatic N) is 2. The van der Waals surface area contributed by atoms with Crippen molar-refractivity contribution in [2.75, 3.05) is 25.2 Å². The van der Waals surface area contributed by atoms with Gasteiger partial charge in [-0.05, 0) is 57.1 Å². The van der Waals surface area contributed by atoms with Crippen LogP contribution in [0, 0.1) is 5.92 Å². The first-order valence-corrected chi connectivity index (χ1v) is 14.8. The highest BCUT2D eigenvalue weighted by molar-refractivity contribution is 7.91. The summed E-state index contributed by atoms with van der Waals surface area (Å²) >= 11 is 6.65. The van der Waals surface area contributed by atoms with Crippen molar-refractivity contribution in [3.05, 3.63) is 34.9 Å². The summed E-state index contributed by atoms with van der Waals surface area (Å²) in [6.07, 6.45) is 0.596. The van der Waals surface area contributed by atoms with Crippen LogP contribution in [0.2, 0.25) is 5.15 Å². The second-order valence-electron chi connectivity index (χ2n) is 9.73. The molecular formula is C25H34ClF3N4O4S. The quantitative estimate of drug-likeness (QED) is 0.403. The summed E-state index contributed by atoms with van der Waals surface area (Å²) in [5, 5.41) is 5.02. The Kier molecular flexibility index (Phi) is 9.62. The Morgan fingerprint density at radius 2 is 1.92 bits per heavy atom. The van der Waals surface area contributed by atoms with Crippen molar-refractivity contribution < 1.29 is 31.1 Å². The molecule has 0 spiro atoms. The van der Waals surface area contributed by atoms with E-state index in [1.807, 2.05) is 6.92 Å². The summed E-state index contributed by atoms with van der Waals surface area (Å²) in [5.74, 6) is 0.481. The molecule has 0 bridgehead atoms. The van der Waals surface area contributed by atoms with Gasteiger partial charge < -0.3 is 15.4 Å². The van der Waals surface area contributed by atoms with E-state index < -0.39 is 28.0 Å². The Bertz CT molecular complexity index is 1240. The molecule has 0 unspecified atom stereocenters. The number of imidazole rings is 1. The molecule has 1 aliphatic rings. The zero-order valence-electron chi connectivity index (χ0n) is 21.9. The number of aryl methyl sites for hydroxylation is 1. The predicted octanol–water partition coefficient (Wildman–Crippen LogP) is 5.18. The molecule has 0 saturated heterocycles. The van der Waals surface area contributed by atoms with Gasteiger partial charge in [0, 0.05) is 31.0 Å². The van der Waals surface area contributed by atoms with E-state index in [4.69, 9.17) is 16.3 Å². The van der Waals surface area contributed by atoms with Gasteiger partial charge in [0.15, 0.2) is 5.69 Å². The largest absolute Gasteiger partial charge is 0.494 e. The summed E-state index contributed by atoms with van der Waals surface area (Å²) < 4.78 is 69.6. The van der Waals surface area contributed by atoms with E-state index in [0.717, 1.165) is 6.92 Å². The minimum absolute atomic E-state index is 0.0369. The highest BCUT2D eigenvalue weighted by atomic mass is 35.5. The molecule has 212 valence electrons. The van der Waals surface area contributed by atoms with E-state index in [0.29, 0.717) is 56.6 Å². The topological polar surface area (TPSA) is 102 Å². The lowest BCUT2D eigenvalue weighted by molar-refractivity contribution is -0.138. The van der Waals surface area contributed by atoms with Gasteiger partial charge in [0.2, 0.25) is 0 Å². The molecule has 1 aromatic carbocycles. The minimum Gasteiger partial charge on any atom is -0.494 e. The number of anilines is 1. The number of carbonyl (C=O) groups is 1. The summed E-state index contributed by atoms with van der Waals surface area (Å²) in [4.78, 5) is 17.5. The molecule has 1 fully saturated rings. The summed E-state index contributed by atoms with van der Waals surface area (Å²) in [5.41, 5.74) is 0.693. The molecule has 1 aromatic heterocycles. The van der Waals surface area contributed by atoms with Crippen LogP contribution in [0.5, 0.6) is 5.75 Å². The molecule has 1 aliphatic carbocycles. The van der Waals surface area contributed by atoms with Crippen LogP contribution in [-0.2, 0) is 16.3 Å². The fourth-order valence-corrected chi connectivity index (χ4v) is 6.04. The fraction of sp³-hybridized carbons (Fsp3) is 0.600.